The number of nitrogen functional groups attached to an aromatic ring is 1. The first-order valence-electron chi connectivity index (χ1n) is 12.7. The predicted molar refractivity (Wildman–Crippen MR) is 154 cm³/mol. The first-order valence-corrected chi connectivity index (χ1v) is 12.7. The van der Waals surface area contributed by atoms with Crippen molar-refractivity contribution in [3.8, 4) is 11.5 Å². The summed E-state index contributed by atoms with van der Waals surface area (Å²) in [6.07, 6.45) is 3.70. The third-order valence-corrected chi connectivity index (χ3v) is 6.51. The number of ether oxygens (including phenoxy) is 2. The summed E-state index contributed by atoms with van der Waals surface area (Å²) in [4.78, 5) is 16.1. The molecule has 0 saturated carbocycles. The molecular formula is C28H35FN8O2. The van der Waals surface area contributed by atoms with Crippen LogP contribution < -0.4 is 36.5 Å². The zero-order valence-electron chi connectivity index (χ0n) is 22.3. The number of hydrogen-bond donors (Lipinski definition) is 4. The number of rotatable bonds is 11. The molecule has 1 aliphatic heterocycles. The Balaban J connectivity index is 1.65. The van der Waals surface area contributed by atoms with Crippen molar-refractivity contribution in [3.05, 3.63) is 72.1 Å². The van der Waals surface area contributed by atoms with Crippen LogP contribution in [0.1, 0.15) is 24.0 Å². The highest BCUT2D eigenvalue weighted by Gasteiger charge is 2.24. The Kier molecular flexibility index (Phi) is 9.16. The lowest BCUT2D eigenvalue weighted by atomic mass is 10.0. The number of methoxy groups -OCH3 is 2. The third-order valence-electron chi connectivity index (χ3n) is 6.51. The number of aliphatic imine (C=N–C) groups is 1. The van der Waals surface area contributed by atoms with Crippen molar-refractivity contribution in [2.24, 2.45) is 10.7 Å². The molecular weight excluding hydrogens is 499 g/mol. The maximum absolute atomic E-state index is 13.3. The number of piperidine rings is 1. The van der Waals surface area contributed by atoms with Crippen molar-refractivity contribution in [1.29, 1.82) is 0 Å². The molecule has 1 saturated heterocycles. The van der Waals surface area contributed by atoms with Gasteiger partial charge in [0.15, 0.2) is 28.8 Å². The molecule has 0 radical (unpaired) electrons. The van der Waals surface area contributed by atoms with Crippen LogP contribution in [0.4, 0.5) is 27.7 Å². The average molecular weight is 535 g/mol. The van der Waals surface area contributed by atoms with Crippen molar-refractivity contribution in [1.82, 2.24) is 15.3 Å². The number of halogens is 1. The zero-order valence-corrected chi connectivity index (χ0v) is 22.3. The van der Waals surface area contributed by atoms with Crippen LogP contribution in [0.25, 0.3) is 0 Å². The van der Waals surface area contributed by atoms with E-state index in [1.807, 2.05) is 6.08 Å². The van der Waals surface area contributed by atoms with Gasteiger partial charge in [-0.25, -0.2) is 9.38 Å². The van der Waals surface area contributed by atoms with Crippen molar-refractivity contribution in [2.45, 2.75) is 25.4 Å². The maximum atomic E-state index is 13.3. The van der Waals surface area contributed by atoms with E-state index in [2.05, 4.69) is 32.1 Å². The molecule has 0 amide bonds. The second-order valence-corrected chi connectivity index (χ2v) is 9.11. The van der Waals surface area contributed by atoms with Gasteiger partial charge in [0.1, 0.15) is 11.7 Å². The number of nitrogens with one attached hydrogen (secondary N) is 2. The van der Waals surface area contributed by atoms with Crippen molar-refractivity contribution in [3.63, 3.8) is 0 Å². The number of aromatic nitrogens is 2. The molecule has 6 N–H and O–H groups in total. The second kappa shape index (κ2) is 12.9. The first-order chi connectivity index (χ1) is 18.9. The van der Waals surface area contributed by atoms with E-state index in [4.69, 9.17) is 25.9 Å². The lowest BCUT2D eigenvalue weighted by Gasteiger charge is -2.34. The zero-order chi connectivity index (χ0) is 27.8. The van der Waals surface area contributed by atoms with Gasteiger partial charge in [0.2, 0.25) is 5.95 Å². The van der Waals surface area contributed by atoms with Gasteiger partial charge >= 0.3 is 0 Å². The van der Waals surface area contributed by atoms with Crippen LogP contribution in [0.2, 0.25) is 0 Å². The average Bonchev–Trinajstić information content (AvgIpc) is 2.96. The highest BCUT2D eigenvalue weighted by Crippen LogP contribution is 2.35. The Morgan fingerprint density at radius 3 is 2.51 bits per heavy atom. The molecule has 206 valence electrons. The van der Waals surface area contributed by atoms with Crippen LogP contribution in [0.15, 0.2) is 60.1 Å². The number of amidine groups is 1. The van der Waals surface area contributed by atoms with E-state index in [9.17, 15) is 4.39 Å². The van der Waals surface area contributed by atoms with Crippen molar-refractivity contribution < 1.29 is 13.9 Å². The summed E-state index contributed by atoms with van der Waals surface area (Å²) in [6, 6.07) is 11.9. The maximum Gasteiger partial charge on any atom is 0.227 e. The van der Waals surface area contributed by atoms with E-state index in [0.717, 1.165) is 38.0 Å². The Morgan fingerprint density at radius 2 is 1.85 bits per heavy atom. The Morgan fingerprint density at radius 1 is 1.13 bits per heavy atom. The van der Waals surface area contributed by atoms with Crippen LogP contribution in [0.3, 0.4) is 0 Å². The molecule has 0 aliphatic carbocycles. The molecule has 1 fully saturated rings. The molecule has 0 atom stereocenters. The van der Waals surface area contributed by atoms with E-state index in [1.54, 1.807) is 44.6 Å². The minimum Gasteiger partial charge on any atom is -0.493 e. The molecule has 10 nitrogen and oxygen atoms in total. The predicted octanol–water partition coefficient (Wildman–Crippen LogP) is 3.61. The summed E-state index contributed by atoms with van der Waals surface area (Å²) in [5.74, 6) is 2.20. The number of nitrogens with zero attached hydrogens (tertiary/aromatic N) is 4. The SMILES string of the molecule is C=CCNC1CCN(c2nc(NCc3ccc(F)cc3)nc(N)c2N=C(N)c2ccc(OC)c(OC)c2)CC1. The molecule has 2 aromatic carbocycles. The summed E-state index contributed by atoms with van der Waals surface area (Å²) < 4.78 is 24.0. The normalized spacial score (nSPS) is 14.2. The fraction of sp³-hybridized carbons (Fsp3) is 0.321. The van der Waals surface area contributed by atoms with Gasteiger partial charge in [-0.05, 0) is 48.7 Å². The Bertz CT molecular complexity index is 1310. The molecule has 0 bridgehead atoms. The fourth-order valence-electron chi connectivity index (χ4n) is 4.38. The highest BCUT2D eigenvalue weighted by atomic mass is 19.1. The first kappa shape index (κ1) is 27.6. The van der Waals surface area contributed by atoms with Crippen LogP contribution in [-0.2, 0) is 6.54 Å². The van der Waals surface area contributed by atoms with Crippen LogP contribution >= 0.6 is 0 Å². The van der Waals surface area contributed by atoms with E-state index < -0.39 is 0 Å². The van der Waals surface area contributed by atoms with E-state index in [1.165, 1.54) is 12.1 Å². The molecule has 1 aromatic heterocycles. The number of nitrogens with two attached hydrogens (primary N) is 2. The van der Waals surface area contributed by atoms with Crippen molar-refractivity contribution in [2.75, 3.05) is 49.8 Å². The third kappa shape index (κ3) is 6.94. The van der Waals surface area contributed by atoms with Gasteiger partial charge < -0.3 is 36.5 Å². The largest absolute Gasteiger partial charge is 0.493 e. The van der Waals surface area contributed by atoms with Gasteiger partial charge in [0, 0.05) is 37.8 Å². The minimum atomic E-state index is -0.290. The van der Waals surface area contributed by atoms with Gasteiger partial charge in [-0.3, -0.25) is 0 Å². The van der Waals surface area contributed by atoms with Crippen LogP contribution in [0, 0.1) is 5.82 Å². The summed E-state index contributed by atoms with van der Waals surface area (Å²) in [5, 5.41) is 6.68. The quantitative estimate of drug-likeness (QED) is 0.165. The molecule has 11 heteroatoms. The molecule has 2 heterocycles. The number of anilines is 3. The standard InChI is InChI=1S/C28H35FN8O2/c1-4-13-32-21-11-14-37(15-12-21)27-24(34-25(30)19-7-10-22(38-2)23(16-19)39-3)26(31)35-28(36-27)33-17-18-5-8-20(29)9-6-18/h4-10,16,21,32H,1,11-15,17H2,2-3H3,(H2,30,34)(H3,31,33,35,36). The summed E-state index contributed by atoms with van der Waals surface area (Å²) in [6.45, 7) is 6.46. The monoisotopic (exact) mass is 534 g/mol. The molecule has 0 spiro atoms. The summed E-state index contributed by atoms with van der Waals surface area (Å²) in [5.41, 5.74) is 14.8. The second-order valence-electron chi connectivity index (χ2n) is 9.11. The van der Waals surface area contributed by atoms with E-state index in [-0.39, 0.29) is 17.5 Å². The molecule has 39 heavy (non-hydrogen) atoms. The molecule has 4 rings (SSSR count). The van der Waals surface area contributed by atoms with E-state index in [0.29, 0.717) is 47.1 Å². The van der Waals surface area contributed by atoms with E-state index >= 15 is 0 Å². The van der Waals surface area contributed by atoms with Crippen LogP contribution in [0.5, 0.6) is 11.5 Å². The van der Waals surface area contributed by atoms with Gasteiger partial charge in [-0.2, -0.15) is 9.97 Å². The molecule has 1 aliphatic rings. The highest BCUT2D eigenvalue weighted by molar-refractivity contribution is 6.01. The topological polar surface area (TPSA) is 136 Å². The lowest BCUT2D eigenvalue weighted by Crippen LogP contribution is -2.43. The summed E-state index contributed by atoms with van der Waals surface area (Å²) >= 11 is 0. The van der Waals surface area contributed by atoms with Crippen LogP contribution in [-0.4, -0.2) is 55.7 Å². The molecule has 0 unspecified atom stereocenters. The van der Waals surface area contributed by atoms with Gasteiger partial charge in [0.05, 0.1) is 14.2 Å². The minimum absolute atomic E-state index is 0.192. The number of benzene rings is 2. The Labute approximate surface area is 227 Å². The lowest BCUT2D eigenvalue weighted by molar-refractivity contribution is 0.355. The van der Waals surface area contributed by atoms with Crippen molar-refractivity contribution >= 4 is 29.1 Å². The smallest absolute Gasteiger partial charge is 0.227 e. The molecule has 3 aromatic rings. The number of hydrogen-bond acceptors (Lipinski definition) is 9. The van der Waals surface area contributed by atoms with Gasteiger partial charge in [-0.15, -0.1) is 6.58 Å². The Hall–Kier alpha value is -4.38. The van der Waals surface area contributed by atoms with Gasteiger partial charge in [0.25, 0.3) is 0 Å². The van der Waals surface area contributed by atoms with Gasteiger partial charge in [-0.1, -0.05) is 18.2 Å². The fourth-order valence-corrected chi connectivity index (χ4v) is 4.38. The summed E-state index contributed by atoms with van der Waals surface area (Å²) in [7, 11) is 3.13.